The average Bonchev–Trinajstić information content (AvgIpc) is 3.41. The van der Waals surface area contributed by atoms with Crippen molar-refractivity contribution in [3.63, 3.8) is 0 Å². The van der Waals surface area contributed by atoms with E-state index in [9.17, 15) is 9.59 Å². The number of nitrogens with one attached hydrogen (secondary N) is 2. The molecule has 2 heterocycles. The zero-order chi connectivity index (χ0) is 19.3. The van der Waals surface area contributed by atoms with Crippen LogP contribution < -0.4 is 10.6 Å². The Bertz CT molecular complexity index is 1140. The fourth-order valence-corrected chi connectivity index (χ4v) is 2.73. The van der Waals surface area contributed by atoms with Crippen molar-refractivity contribution in [2.75, 3.05) is 5.32 Å². The molecule has 28 heavy (non-hydrogen) atoms. The molecule has 0 radical (unpaired) electrons. The summed E-state index contributed by atoms with van der Waals surface area (Å²) in [6.45, 7) is 0. The predicted octanol–water partition coefficient (Wildman–Crippen LogP) is 4.44. The smallest absolute Gasteiger partial charge is 0.291 e. The zero-order valence-electron chi connectivity index (χ0n) is 14.7. The molecule has 0 unspecified atom stereocenters. The third kappa shape index (κ3) is 3.86. The van der Waals surface area contributed by atoms with Gasteiger partial charge in [-0.3, -0.25) is 9.59 Å². The Balaban J connectivity index is 1.59. The van der Waals surface area contributed by atoms with Gasteiger partial charge in [0.2, 0.25) is 0 Å². The monoisotopic (exact) mass is 372 g/mol. The highest BCUT2D eigenvalue weighted by molar-refractivity contribution is 6.10. The van der Waals surface area contributed by atoms with Crippen LogP contribution in [0, 0.1) is 0 Å². The highest BCUT2D eigenvalue weighted by atomic mass is 16.3. The van der Waals surface area contributed by atoms with E-state index >= 15 is 0 Å². The van der Waals surface area contributed by atoms with Crippen LogP contribution in [0.25, 0.3) is 16.8 Å². The molecule has 6 nitrogen and oxygen atoms in total. The summed E-state index contributed by atoms with van der Waals surface area (Å²) in [6.07, 6.45) is 4.33. The Hall–Kier alpha value is -4.06. The Labute approximate surface area is 160 Å². The predicted molar refractivity (Wildman–Crippen MR) is 105 cm³/mol. The molecule has 6 heteroatoms. The highest BCUT2D eigenvalue weighted by Crippen LogP contribution is 2.19. The van der Waals surface area contributed by atoms with Gasteiger partial charge in [-0.25, -0.2) is 0 Å². The highest BCUT2D eigenvalue weighted by Gasteiger charge is 2.17. The van der Waals surface area contributed by atoms with E-state index in [1.165, 1.54) is 24.7 Å². The maximum atomic E-state index is 12.8. The minimum Gasteiger partial charge on any atom is -0.465 e. The first-order chi connectivity index (χ1) is 13.7. The number of rotatable bonds is 5. The number of carbonyl (C=O) groups excluding carboxylic acids is 2. The summed E-state index contributed by atoms with van der Waals surface area (Å²) in [6, 6.07) is 19.9. The fraction of sp³-hybridized carbons (Fsp3) is 0. The SMILES string of the molecule is O=C(Nc1ccc2ccccc2c1)/C(=C\c1ccco1)NC(=O)c1ccco1. The number of hydrogen-bond donors (Lipinski definition) is 2. The molecule has 4 rings (SSSR count). The number of hydrogen-bond acceptors (Lipinski definition) is 4. The number of anilines is 1. The second-order valence-electron chi connectivity index (χ2n) is 6.02. The molecule has 2 aromatic heterocycles. The van der Waals surface area contributed by atoms with E-state index in [-0.39, 0.29) is 11.5 Å². The molecule has 0 bridgehead atoms. The van der Waals surface area contributed by atoms with Gasteiger partial charge in [-0.15, -0.1) is 0 Å². The van der Waals surface area contributed by atoms with Gasteiger partial charge in [0, 0.05) is 11.8 Å². The summed E-state index contributed by atoms with van der Waals surface area (Å²) in [7, 11) is 0. The van der Waals surface area contributed by atoms with E-state index in [1.54, 1.807) is 24.3 Å². The lowest BCUT2D eigenvalue weighted by Gasteiger charge is -2.10. The first-order valence-electron chi connectivity index (χ1n) is 8.59. The van der Waals surface area contributed by atoms with Crippen molar-refractivity contribution in [1.29, 1.82) is 0 Å². The Morgan fingerprint density at radius 1 is 0.821 bits per heavy atom. The maximum absolute atomic E-state index is 12.8. The van der Waals surface area contributed by atoms with Crippen molar-refractivity contribution in [3.8, 4) is 0 Å². The van der Waals surface area contributed by atoms with Crippen molar-refractivity contribution in [2.24, 2.45) is 0 Å². The summed E-state index contributed by atoms with van der Waals surface area (Å²) in [5, 5.41) is 7.44. The first-order valence-corrected chi connectivity index (χ1v) is 8.59. The van der Waals surface area contributed by atoms with Gasteiger partial charge >= 0.3 is 0 Å². The van der Waals surface area contributed by atoms with Crippen molar-refractivity contribution in [2.45, 2.75) is 0 Å². The quantitative estimate of drug-likeness (QED) is 0.508. The molecule has 0 aliphatic carbocycles. The maximum Gasteiger partial charge on any atom is 0.291 e. The van der Waals surface area contributed by atoms with Crippen molar-refractivity contribution in [1.82, 2.24) is 5.32 Å². The van der Waals surface area contributed by atoms with E-state index in [0.29, 0.717) is 11.4 Å². The molecule has 0 spiro atoms. The van der Waals surface area contributed by atoms with Crippen LogP contribution in [-0.4, -0.2) is 11.8 Å². The van der Waals surface area contributed by atoms with Crippen LogP contribution in [0.1, 0.15) is 16.3 Å². The Morgan fingerprint density at radius 2 is 1.61 bits per heavy atom. The second-order valence-corrected chi connectivity index (χ2v) is 6.02. The number of benzene rings is 2. The van der Waals surface area contributed by atoms with Gasteiger partial charge in [0.05, 0.1) is 12.5 Å². The summed E-state index contributed by atoms with van der Waals surface area (Å²) >= 11 is 0. The van der Waals surface area contributed by atoms with Crippen LogP contribution in [-0.2, 0) is 4.79 Å². The van der Waals surface area contributed by atoms with E-state index in [1.807, 2.05) is 36.4 Å². The molecular weight excluding hydrogens is 356 g/mol. The molecule has 2 aromatic carbocycles. The number of fused-ring (bicyclic) bond motifs is 1. The number of furan rings is 2. The summed E-state index contributed by atoms with van der Waals surface area (Å²) < 4.78 is 10.3. The zero-order valence-corrected chi connectivity index (χ0v) is 14.7. The molecule has 0 atom stereocenters. The van der Waals surface area contributed by atoms with Crippen LogP contribution in [0.2, 0.25) is 0 Å². The average molecular weight is 372 g/mol. The molecule has 0 saturated heterocycles. The molecule has 4 aromatic rings. The lowest BCUT2D eigenvalue weighted by Crippen LogP contribution is -2.30. The van der Waals surface area contributed by atoms with Crippen LogP contribution >= 0.6 is 0 Å². The summed E-state index contributed by atoms with van der Waals surface area (Å²) in [4.78, 5) is 25.1. The largest absolute Gasteiger partial charge is 0.465 e. The van der Waals surface area contributed by atoms with Gasteiger partial charge in [-0.1, -0.05) is 30.3 Å². The first kappa shape index (κ1) is 17.4. The molecule has 2 N–H and O–H groups in total. The van der Waals surface area contributed by atoms with Gasteiger partial charge in [0.25, 0.3) is 11.8 Å². The van der Waals surface area contributed by atoms with Gasteiger partial charge in [-0.05, 0) is 47.2 Å². The third-order valence-electron chi connectivity index (χ3n) is 4.07. The fourth-order valence-electron chi connectivity index (χ4n) is 2.73. The number of carbonyl (C=O) groups is 2. The third-order valence-corrected chi connectivity index (χ3v) is 4.07. The van der Waals surface area contributed by atoms with Crippen molar-refractivity contribution >= 4 is 34.4 Å². The summed E-state index contributed by atoms with van der Waals surface area (Å²) in [5.74, 6) is -0.477. The topological polar surface area (TPSA) is 84.5 Å². The lowest BCUT2D eigenvalue weighted by molar-refractivity contribution is -0.113. The van der Waals surface area contributed by atoms with Crippen LogP contribution in [0.5, 0.6) is 0 Å². The minimum absolute atomic E-state index is 0.0320. The molecule has 0 aliphatic rings. The number of amides is 2. The van der Waals surface area contributed by atoms with E-state index in [2.05, 4.69) is 10.6 Å². The Kier molecular flexibility index (Phi) is 4.76. The molecule has 0 fully saturated rings. The lowest BCUT2D eigenvalue weighted by atomic mass is 10.1. The Morgan fingerprint density at radius 3 is 2.36 bits per heavy atom. The van der Waals surface area contributed by atoms with Gasteiger partial charge in [-0.2, -0.15) is 0 Å². The van der Waals surface area contributed by atoms with Crippen LogP contribution in [0.3, 0.4) is 0 Å². The van der Waals surface area contributed by atoms with Crippen LogP contribution in [0.4, 0.5) is 5.69 Å². The molecule has 138 valence electrons. The normalized spacial score (nSPS) is 11.4. The van der Waals surface area contributed by atoms with Crippen molar-refractivity contribution in [3.05, 3.63) is 96.5 Å². The molecule has 0 saturated carbocycles. The van der Waals surface area contributed by atoms with E-state index < -0.39 is 11.8 Å². The second kappa shape index (κ2) is 7.67. The molecule has 0 aliphatic heterocycles. The van der Waals surface area contributed by atoms with E-state index in [4.69, 9.17) is 8.83 Å². The van der Waals surface area contributed by atoms with Gasteiger partial charge in [0.1, 0.15) is 11.5 Å². The summed E-state index contributed by atoms with van der Waals surface area (Å²) in [5.41, 5.74) is 0.644. The van der Waals surface area contributed by atoms with Gasteiger partial charge < -0.3 is 19.5 Å². The van der Waals surface area contributed by atoms with Gasteiger partial charge in [0.15, 0.2) is 5.76 Å². The minimum atomic E-state index is -0.531. The van der Waals surface area contributed by atoms with Crippen molar-refractivity contribution < 1.29 is 18.4 Å². The standard InChI is InChI=1S/C22H16N2O4/c25-21(23-17-10-9-15-5-1-2-6-16(15)13-17)19(14-18-7-3-11-27-18)24-22(26)20-8-4-12-28-20/h1-14H,(H,23,25)(H,24,26)/b19-14+. The van der Waals surface area contributed by atoms with Crippen LogP contribution in [0.15, 0.2) is 93.8 Å². The molecule has 2 amide bonds. The van der Waals surface area contributed by atoms with E-state index in [0.717, 1.165) is 10.8 Å². The molecular formula is C22H16N2O4.